The average Bonchev–Trinajstić information content (AvgIpc) is 2.45. The van der Waals surface area contributed by atoms with Gasteiger partial charge in [-0.3, -0.25) is 0 Å². The Morgan fingerprint density at radius 1 is 1.10 bits per heavy atom. The molecule has 0 aliphatic heterocycles. The van der Waals surface area contributed by atoms with Crippen LogP contribution >= 0.6 is 11.6 Å². The largest absolute Gasteiger partial charge is 0.487 e. The van der Waals surface area contributed by atoms with Crippen LogP contribution in [0.5, 0.6) is 5.75 Å². The summed E-state index contributed by atoms with van der Waals surface area (Å²) in [5, 5.41) is 0.100. The Balaban J connectivity index is 2.09. The number of nitrogens with two attached hydrogens (primary N) is 1. The summed E-state index contributed by atoms with van der Waals surface area (Å²) < 4.78 is 43.1. The second-order valence-corrected chi connectivity index (χ2v) is 4.89. The molecule has 2 aromatic carbocycles. The molecule has 0 radical (unpaired) electrons. The minimum absolute atomic E-state index is 0.0976. The van der Waals surface area contributed by atoms with E-state index in [2.05, 4.69) is 0 Å². The van der Waals surface area contributed by atoms with Crippen molar-refractivity contribution < 1.29 is 17.9 Å². The van der Waals surface area contributed by atoms with Crippen LogP contribution in [0.4, 0.5) is 13.2 Å². The second-order valence-electron chi connectivity index (χ2n) is 4.48. The highest BCUT2D eigenvalue weighted by atomic mass is 35.5. The van der Waals surface area contributed by atoms with E-state index in [0.29, 0.717) is 5.75 Å². The van der Waals surface area contributed by atoms with Crippen molar-refractivity contribution in [3.63, 3.8) is 0 Å². The molecule has 2 nitrogen and oxygen atoms in total. The fraction of sp³-hybridized carbons (Fsp3) is 0.200. The van der Waals surface area contributed by atoms with Gasteiger partial charge in [0.05, 0.1) is 5.02 Å². The molecule has 0 heterocycles. The van der Waals surface area contributed by atoms with Crippen molar-refractivity contribution in [1.82, 2.24) is 0 Å². The maximum absolute atomic E-state index is 12.5. The molecule has 0 bridgehead atoms. The van der Waals surface area contributed by atoms with Crippen LogP contribution in [0.25, 0.3) is 0 Å². The van der Waals surface area contributed by atoms with Gasteiger partial charge >= 0.3 is 6.18 Å². The molecule has 1 atom stereocenters. The van der Waals surface area contributed by atoms with Gasteiger partial charge in [-0.15, -0.1) is 0 Å². The van der Waals surface area contributed by atoms with Crippen molar-refractivity contribution in [2.24, 2.45) is 5.73 Å². The number of hydrogen-bond acceptors (Lipinski definition) is 2. The molecular weight excluding hydrogens is 303 g/mol. The molecule has 2 aromatic rings. The second kappa shape index (κ2) is 6.37. The Hall–Kier alpha value is -1.72. The zero-order chi connectivity index (χ0) is 15.5. The Kier molecular flexibility index (Phi) is 4.75. The molecule has 0 amide bonds. The van der Waals surface area contributed by atoms with E-state index in [4.69, 9.17) is 22.1 Å². The van der Waals surface area contributed by atoms with E-state index in [1.165, 1.54) is 18.2 Å². The predicted molar refractivity (Wildman–Crippen MR) is 75.2 cm³/mol. The molecule has 0 fully saturated rings. The van der Waals surface area contributed by atoms with E-state index in [9.17, 15) is 13.2 Å². The van der Waals surface area contributed by atoms with Crippen molar-refractivity contribution in [3.8, 4) is 5.75 Å². The van der Waals surface area contributed by atoms with E-state index < -0.39 is 12.2 Å². The van der Waals surface area contributed by atoms with E-state index in [-0.39, 0.29) is 17.2 Å². The Morgan fingerprint density at radius 2 is 1.76 bits per heavy atom. The SMILES string of the molecule is N[C@H](c1ccc(OCc2ccccc2)c(Cl)c1)C(F)(F)F. The van der Waals surface area contributed by atoms with Gasteiger partial charge in [0.2, 0.25) is 0 Å². The molecule has 0 aliphatic carbocycles. The van der Waals surface area contributed by atoms with Crippen LogP contribution < -0.4 is 10.5 Å². The van der Waals surface area contributed by atoms with Crippen molar-refractivity contribution in [3.05, 3.63) is 64.7 Å². The monoisotopic (exact) mass is 315 g/mol. The van der Waals surface area contributed by atoms with E-state index in [1.54, 1.807) is 0 Å². The number of alkyl halides is 3. The predicted octanol–water partition coefficient (Wildman–Crippen LogP) is 4.48. The summed E-state index contributed by atoms with van der Waals surface area (Å²) in [6.07, 6.45) is -4.50. The smallest absolute Gasteiger partial charge is 0.407 e. The van der Waals surface area contributed by atoms with Gasteiger partial charge in [0.1, 0.15) is 18.4 Å². The Bertz CT molecular complexity index is 602. The van der Waals surface area contributed by atoms with Gasteiger partial charge in [0.15, 0.2) is 0 Å². The molecule has 0 saturated carbocycles. The van der Waals surface area contributed by atoms with Gasteiger partial charge in [-0.2, -0.15) is 13.2 Å². The van der Waals surface area contributed by atoms with Crippen molar-refractivity contribution in [2.45, 2.75) is 18.8 Å². The van der Waals surface area contributed by atoms with Crippen LogP contribution in [0.3, 0.4) is 0 Å². The van der Waals surface area contributed by atoms with Crippen LogP contribution in [0.2, 0.25) is 5.02 Å². The van der Waals surface area contributed by atoms with Crippen LogP contribution in [0, 0.1) is 0 Å². The zero-order valence-electron chi connectivity index (χ0n) is 10.9. The summed E-state index contributed by atoms with van der Waals surface area (Å²) in [4.78, 5) is 0. The van der Waals surface area contributed by atoms with E-state index in [0.717, 1.165) is 5.56 Å². The maximum Gasteiger partial charge on any atom is 0.407 e. The van der Waals surface area contributed by atoms with Crippen molar-refractivity contribution >= 4 is 11.6 Å². The molecule has 21 heavy (non-hydrogen) atoms. The highest BCUT2D eigenvalue weighted by Crippen LogP contribution is 2.34. The summed E-state index contributed by atoms with van der Waals surface area (Å²) in [5.74, 6) is 0.318. The average molecular weight is 316 g/mol. The molecule has 2 N–H and O–H groups in total. The number of ether oxygens (including phenoxy) is 1. The van der Waals surface area contributed by atoms with Crippen LogP contribution in [-0.2, 0) is 6.61 Å². The van der Waals surface area contributed by atoms with Crippen LogP contribution in [-0.4, -0.2) is 6.18 Å². The lowest BCUT2D eigenvalue weighted by atomic mass is 10.1. The van der Waals surface area contributed by atoms with Gasteiger partial charge in [-0.1, -0.05) is 48.0 Å². The minimum atomic E-state index is -4.50. The van der Waals surface area contributed by atoms with Crippen LogP contribution in [0.1, 0.15) is 17.2 Å². The minimum Gasteiger partial charge on any atom is -0.487 e. The molecule has 0 unspecified atom stereocenters. The summed E-state index contributed by atoms with van der Waals surface area (Å²) in [6, 6.07) is 11.2. The van der Waals surface area contributed by atoms with Crippen molar-refractivity contribution in [2.75, 3.05) is 0 Å². The van der Waals surface area contributed by atoms with E-state index >= 15 is 0 Å². The standard InChI is InChI=1S/C15H13ClF3NO/c16-12-8-11(14(20)15(17,18)19)6-7-13(12)21-9-10-4-2-1-3-5-10/h1-8,14H,9,20H2/t14-/m1/s1. The summed E-state index contributed by atoms with van der Waals surface area (Å²) in [6.45, 7) is 0.283. The number of hydrogen-bond donors (Lipinski definition) is 1. The number of rotatable bonds is 4. The Labute approximate surface area is 125 Å². The fourth-order valence-corrected chi connectivity index (χ4v) is 2.00. The van der Waals surface area contributed by atoms with Gasteiger partial charge in [-0.05, 0) is 23.3 Å². The summed E-state index contributed by atoms with van der Waals surface area (Å²) in [7, 11) is 0. The maximum atomic E-state index is 12.5. The first-order valence-corrected chi connectivity index (χ1v) is 6.54. The lowest BCUT2D eigenvalue weighted by Gasteiger charge is -2.17. The Morgan fingerprint density at radius 3 is 2.33 bits per heavy atom. The lowest BCUT2D eigenvalue weighted by Crippen LogP contribution is -2.28. The molecule has 0 aromatic heterocycles. The quantitative estimate of drug-likeness (QED) is 0.902. The van der Waals surface area contributed by atoms with Crippen molar-refractivity contribution in [1.29, 1.82) is 0 Å². The van der Waals surface area contributed by atoms with Gasteiger partial charge in [-0.25, -0.2) is 0 Å². The highest BCUT2D eigenvalue weighted by molar-refractivity contribution is 6.32. The highest BCUT2D eigenvalue weighted by Gasteiger charge is 2.38. The van der Waals surface area contributed by atoms with Gasteiger partial charge in [0, 0.05) is 0 Å². The first-order valence-electron chi connectivity index (χ1n) is 6.16. The molecule has 6 heteroatoms. The normalized spacial score (nSPS) is 13.0. The molecular formula is C15H13ClF3NO. The summed E-state index contributed by atoms with van der Waals surface area (Å²) in [5.41, 5.74) is 5.97. The number of halogens is 4. The summed E-state index contributed by atoms with van der Waals surface area (Å²) >= 11 is 5.94. The first-order chi connectivity index (χ1) is 9.88. The topological polar surface area (TPSA) is 35.2 Å². The van der Waals surface area contributed by atoms with E-state index in [1.807, 2.05) is 30.3 Å². The van der Waals surface area contributed by atoms with Gasteiger partial charge < -0.3 is 10.5 Å². The molecule has 112 valence electrons. The third kappa shape index (κ3) is 4.12. The molecule has 2 rings (SSSR count). The number of benzene rings is 2. The molecule has 0 spiro atoms. The van der Waals surface area contributed by atoms with Crippen LogP contribution in [0.15, 0.2) is 48.5 Å². The third-order valence-electron chi connectivity index (χ3n) is 2.90. The fourth-order valence-electron chi connectivity index (χ4n) is 1.75. The molecule has 0 aliphatic rings. The lowest BCUT2D eigenvalue weighted by molar-refractivity contribution is -0.149. The molecule has 0 saturated heterocycles. The van der Waals surface area contributed by atoms with Gasteiger partial charge in [0.25, 0.3) is 0 Å². The first kappa shape index (κ1) is 15.7. The third-order valence-corrected chi connectivity index (χ3v) is 3.20. The zero-order valence-corrected chi connectivity index (χ0v) is 11.7.